The van der Waals surface area contributed by atoms with Crippen LogP contribution in [0.2, 0.25) is 0 Å². The van der Waals surface area contributed by atoms with E-state index >= 15 is 0 Å². The number of ether oxygens (including phenoxy) is 1. The molecule has 4 N–H and O–H groups in total. The van der Waals surface area contributed by atoms with Crippen molar-refractivity contribution < 1.29 is 27.8 Å². The van der Waals surface area contributed by atoms with Crippen LogP contribution in [0.15, 0.2) is 54.7 Å². The number of rotatable bonds is 9. The predicted octanol–water partition coefficient (Wildman–Crippen LogP) is 6.72. The fourth-order valence-corrected chi connectivity index (χ4v) is 7.29. The van der Waals surface area contributed by atoms with E-state index in [1.807, 2.05) is 36.9 Å². The van der Waals surface area contributed by atoms with E-state index in [4.69, 9.17) is 10.5 Å². The van der Waals surface area contributed by atoms with Crippen LogP contribution in [0.4, 0.5) is 24.9 Å². The number of nitrogens with one attached hydrogen (secondary N) is 1. The Labute approximate surface area is 283 Å². The van der Waals surface area contributed by atoms with Crippen LogP contribution in [0, 0.1) is 26.2 Å². The summed E-state index contributed by atoms with van der Waals surface area (Å²) in [6, 6.07) is 13.3. The molecule has 0 aliphatic carbocycles. The van der Waals surface area contributed by atoms with E-state index in [0.29, 0.717) is 43.9 Å². The van der Waals surface area contributed by atoms with E-state index in [0.717, 1.165) is 35.1 Å². The molecule has 10 nitrogen and oxygen atoms in total. The van der Waals surface area contributed by atoms with E-state index < -0.39 is 24.3 Å². The average Bonchev–Trinajstić information content (AvgIpc) is 3.64. The third kappa shape index (κ3) is 7.08. The van der Waals surface area contributed by atoms with Crippen molar-refractivity contribution in [3.05, 3.63) is 77.1 Å². The zero-order chi connectivity index (χ0) is 35.1. The van der Waals surface area contributed by atoms with Gasteiger partial charge in [-0.25, -0.2) is 4.68 Å². The van der Waals surface area contributed by atoms with Gasteiger partial charge in [-0.15, -0.1) is 0 Å². The van der Waals surface area contributed by atoms with Crippen molar-refractivity contribution >= 4 is 17.7 Å². The Balaban J connectivity index is 1.30. The fourth-order valence-electron chi connectivity index (χ4n) is 7.29. The minimum Gasteiger partial charge on any atom is -0.480 e. The number of halogens is 3. The fraction of sp³-hybridized carbons (Fsp3) is 0.444. The Hall–Kier alpha value is -4.65. The summed E-state index contributed by atoms with van der Waals surface area (Å²) in [4.78, 5) is 22.2. The molecule has 2 aromatic heterocycles. The highest BCUT2D eigenvalue weighted by Crippen LogP contribution is 2.46. The van der Waals surface area contributed by atoms with Crippen LogP contribution in [0.3, 0.4) is 0 Å². The molecule has 2 unspecified atom stereocenters. The zero-order valence-corrected chi connectivity index (χ0v) is 28.1. The minimum absolute atomic E-state index is 0.0804. The van der Waals surface area contributed by atoms with Crippen LogP contribution < -0.4 is 20.7 Å². The third-order valence-electron chi connectivity index (χ3n) is 10.1. The highest BCUT2D eigenvalue weighted by Gasteiger charge is 2.50. The second-order valence-electron chi connectivity index (χ2n) is 13.4. The molecule has 6 rings (SSSR count). The molecule has 260 valence electrons. The molecule has 2 saturated heterocycles. The van der Waals surface area contributed by atoms with Gasteiger partial charge < -0.3 is 25.8 Å². The molecular formula is C36H42F3N7O3. The number of nitrogens with two attached hydrogens (primary N) is 1. The Bertz CT molecular complexity index is 1830. The molecule has 0 saturated carbocycles. The Kier molecular flexibility index (Phi) is 9.31. The smallest absolute Gasteiger partial charge is 0.429 e. The topological polar surface area (TPSA) is 131 Å². The second-order valence-corrected chi connectivity index (χ2v) is 13.4. The van der Waals surface area contributed by atoms with Gasteiger partial charge in [0.15, 0.2) is 0 Å². The molecule has 49 heavy (non-hydrogen) atoms. The van der Waals surface area contributed by atoms with Crippen LogP contribution in [0.1, 0.15) is 67.5 Å². The lowest BCUT2D eigenvalue weighted by Gasteiger charge is -2.43. The predicted molar refractivity (Wildman–Crippen MR) is 181 cm³/mol. The summed E-state index contributed by atoms with van der Waals surface area (Å²) in [5.74, 6) is -1.00. The molecule has 0 bridgehead atoms. The van der Waals surface area contributed by atoms with Crippen molar-refractivity contribution in [2.75, 3.05) is 23.7 Å². The van der Waals surface area contributed by atoms with Gasteiger partial charge in [-0.2, -0.15) is 28.2 Å². The SMILES string of the molecule is CCCC1NC(C(=O)O)CC12CCN(c1cc(O[C@H](c3ccc(-c4ccc(C)c(C)c4)cc3-n3ccc(C)n3)C(F)(F)F)nc(N)n1)CC2. The molecule has 2 aliphatic heterocycles. The first kappa shape index (κ1) is 34.2. The highest BCUT2D eigenvalue weighted by atomic mass is 19.4. The number of anilines is 2. The van der Waals surface area contributed by atoms with Crippen LogP contribution in [-0.4, -0.2) is 62.2 Å². The first-order valence-corrected chi connectivity index (χ1v) is 16.6. The maximum atomic E-state index is 14.9. The molecule has 4 heterocycles. The maximum Gasteiger partial charge on any atom is 0.429 e. The first-order chi connectivity index (χ1) is 23.3. The summed E-state index contributed by atoms with van der Waals surface area (Å²) in [5.41, 5.74) is 10.4. The molecule has 0 radical (unpaired) electrons. The number of nitrogens with zero attached hydrogens (tertiary/aromatic N) is 5. The van der Waals surface area contributed by atoms with Crippen LogP contribution in [0.5, 0.6) is 5.88 Å². The number of hydrogen-bond acceptors (Lipinski definition) is 8. The van der Waals surface area contributed by atoms with Crippen molar-refractivity contribution in [3.8, 4) is 22.7 Å². The number of carboxylic acid groups (broad SMARTS) is 1. The zero-order valence-electron chi connectivity index (χ0n) is 28.1. The summed E-state index contributed by atoms with van der Waals surface area (Å²) in [6.45, 7) is 8.92. The molecule has 1 spiro atoms. The summed E-state index contributed by atoms with van der Waals surface area (Å²) in [5, 5.41) is 17.4. The van der Waals surface area contributed by atoms with Crippen molar-refractivity contribution in [3.63, 3.8) is 0 Å². The monoisotopic (exact) mass is 677 g/mol. The average molecular weight is 678 g/mol. The molecule has 2 aromatic carbocycles. The lowest BCUT2D eigenvalue weighted by Crippen LogP contribution is -2.46. The number of nitrogen functional groups attached to an aromatic ring is 1. The number of carbonyl (C=O) groups is 1. The van der Waals surface area contributed by atoms with Crippen molar-refractivity contribution in [2.24, 2.45) is 5.41 Å². The molecule has 2 fully saturated rings. The van der Waals surface area contributed by atoms with Crippen LogP contribution >= 0.6 is 0 Å². The number of aromatic nitrogens is 4. The number of carboxylic acids is 1. The number of hydrogen-bond donors (Lipinski definition) is 3. The van der Waals surface area contributed by atoms with Gasteiger partial charge in [0.2, 0.25) is 17.9 Å². The summed E-state index contributed by atoms with van der Waals surface area (Å²) in [6.07, 6.45) is -1.84. The van der Waals surface area contributed by atoms with Gasteiger partial charge in [-0.05, 0) is 86.3 Å². The number of benzene rings is 2. The lowest BCUT2D eigenvalue weighted by atomic mass is 9.70. The van der Waals surface area contributed by atoms with Gasteiger partial charge in [-0.3, -0.25) is 4.79 Å². The maximum absolute atomic E-state index is 14.9. The van der Waals surface area contributed by atoms with E-state index in [-0.39, 0.29) is 34.5 Å². The Morgan fingerprint density at radius 2 is 1.78 bits per heavy atom. The lowest BCUT2D eigenvalue weighted by molar-refractivity contribution is -0.198. The van der Waals surface area contributed by atoms with Crippen molar-refractivity contribution in [2.45, 2.75) is 84.2 Å². The molecule has 2 aliphatic rings. The summed E-state index contributed by atoms with van der Waals surface area (Å²) in [7, 11) is 0. The van der Waals surface area contributed by atoms with Crippen molar-refractivity contribution in [1.82, 2.24) is 25.1 Å². The van der Waals surface area contributed by atoms with Gasteiger partial charge in [0.25, 0.3) is 0 Å². The second kappa shape index (κ2) is 13.3. The van der Waals surface area contributed by atoms with Crippen LogP contribution in [-0.2, 0) is 4.79 Å². The summed E-state index contributed by atoms with van der Waals surface area (Å²) < 4.78 is 52.0. The van der Waals surface area contributed by atoms with Gasteiger partial charge in [-0.1, -0.05) is 43.7 Å². The van der Waals surface area contributed by atoms with Gasteiger partial charge >= 0.3 is 12.1 Å². The molecule has 4 aromatic rings. The number of aryl methyl sites for hydroxylation is 3. The molecular weight excluding hydrogens is 635 g/mol. The first-order valence-electron chi connectivity index (χ1n) is 16.6. The normalized spacial score (nSPS) is 19.7. The Morgan fingerprint density at radius 1 is 1.06 bits per heavy atom. The molecule has 0 amide bonds. The van der Waals surface area contributed by atoms with Crippen LogP contribution in [0.25, 0.3) is 16.8 Å². The number of piperidine rings is 1. The number of aliphatic carboxylic acids is 1. The highest BCUT2D eigenvalue weighted by molar-refractivity contribution is 5.74. The van der Waals surface area contributed by atoms with E-state index in [2.05, 4.69) is 27.3 Å². The quantitative estimate of drug-likeness (QED) is 0.177. The minimum atomic E-state index is -4.82. The molecule has 13 heteroatoms. The van der Waals surface area contributed by atoms with E-state index in [1.165, 1.54) is 16.8 Å². The van der Waals surface area contributed by atoms with Crippen molar-refractivity contribution in [1.29, 1.82) is 0 Å². The van der Waals surface area contributed by atoms with Gasteiger partial charge in [0.05, 0.1) is 11.4 Å². The summed E-state index contributed by atoms with van der Waals surface area (Å²) >= 11 is 0. The standard InChI is InChI=1S/C36H42F3N7O3/c1-5-6-29-35(20-27(41-29)33(47)48)12-15-45(16-13-35)30-19-31(43-34(40)42-30)49-32(36(37,38)39)26-10-9-25(24-8-7-21(2)22(3)17-24)18-28(26)46-14-11-23(4)44-46/h7-11,14,17-19,27,29,32,41H,5-6,12-13,15-16,20H2,1-4H3,(H,47,48)(H2,40,42,43)/t27?,29?,32-/m1/s1. The number of alkyl halides is 3. The largest absolute Gasteiger partial charge is 0.480 e. The van der Waals surface area contributed by atoms with E-state index in [9.17, 15) is 23.1 Å². The van der Waals surface area contributed by atoms with E-state index in [1.54, 1.807) is 31.3 Å². The Morgan fingerprint density at radius 3 is 2.41 bits per heavy atom. The van der Waals surface area contributed by atoms with Gasteiger partial charge in [0.1, 0.15) is 11.9 Å². The van der Waals surface area contributed by atoms with Gasteiger partial charge in [0, 0.05) is 37.0 Å². The molecule has 3 atom stereocenters. The third-order valence-corrected chi connectivity index (χ3v) is 10.1.